The molecule has 2 N–H and O–H groups in total. The lowest BCUT2D eigenvalue weighted by Gasteiger charge is -2.16. The monoisotopic (exact) mass is 437 g/mol. The molecule has 1 aromatic heterocycles. The van der Waals surface area contributed by atoms with E-state index >= 15 is 0 Å². The van der Waals surface area contributed by atoms with Crippen molar-refractivity contribution in [3.05, 3.63) is 62.9 Å². The zero-order chi connectivity index (χ0) is 21.9. The molecule has 2 aromatic rings. The molecule has 3 atom stereocenters. The van der Waals surface area contributed by atoms with Crippen molar-refractivity contribution in [2.75, 3.05) is 19.0 Å². The smallest absolute Gasteiger partial charge is 0.330 e. The number of ether oxygens (including phenoxy) is 2. The summed E-state index contributed by atoms with van der Waals surface area (Å²) < 4.78 is 27.9. The van der Waals surface area contributed by atoms with Crippen LogP contribution in [0.15, 0.2) is 46.1 Å². The molecule has 8 nitrogen and oxygen atoms in total. The normalized spacial score (nSPS) is 14.2. The van der Waals surface area contributed by atoms with E-state index in [4.69, 9.17) is 9.47 Å². The van der Waals surface area contributed by atoms with Gasteiger partial charge in [0.2, 0.25) is 0 Å². The number of aromatic nitrogens is 2. The van der Waals surface area contributed by atoms with Gasteiger partial charge in [0.05, 0.1) is 17.6 Å². The number of hydrogen-bond donors (Lipinski definition) is 2. The van der Waals surface area contributed by atoms with E-state index in [1.54, 1.807) is 0 Å². The number of aromatic amines is 1. The lowest BCUT2D eigenvalue weighted by atomic mass is 10.1. The van der Waals surface area contributed by atoms with Crippen LogP contribution in [0.3, 0.4) is 0 Å². The molecule has 0 radical (unpaired) electrons. The Kier molecular flexibility index (Phi) is 9.99. The van der Waals surface area contributed by atoms with Gasteiger partial charge in [0, 0.05) is 30.7 Å². The molecule has 0 fully saturated rings. The standard InChI is InChI=1S/C21H31N3O5S/c1-4-16(2)14-29-19-8-5-7-18(13-19)17(3)23-30(27)12-6-11-28-15-24-10-9-20(25)22-21(24)26/h5,7-10,13,16-17,23H,4,6,11-12,14-15H2,1-3H3,(H,22,25,26)/t16-,17+,30?/m0/s1. The molecule has 9 heteroatoms. The van der Waals surface area contributed by atoms with Gasteiger partial charge in [-0.2, -0.15) is 0 Å². The number of H-pyrrole nitrogens is 1. The zero-order valence-corrected chi connectivity index (χ0v) is 18.6. The summed E-state index contributed by atoms with van der Waals surface area (Å²) in [5.74, 6) is 1.74. The molecule has 2 rings (SSSR count). The third-order valence-electron chi connectivity index (χ3n) is 4.64. The highest BCUT2D eigenvalue weighted by atomic mass is 32.2. The second-order valence-corrected chi connectivity index (χ2v) is 8.59. The summed E-state index contributed by atoms with van der Waals surface area (Å²) in [4.78, 5) is 24.7. The summed E-state index contributed by atoms with van der Waals surface area (Å²) in [6, 6.07) is 9.00. The molecule has 0 saturated carbocycles. The van der Waals surface area contributed by atoms with Gasteiger partial charge in [-0.25, -0.2) is 13.7 Å². The highest BCUT2D eigenvalue weighted by Crippen LogP contribution is 2.20. The third-order valence-corrected chi connectivity index (χ3v) is 5.92. The highest BCUT2D eigenvalue weighted by molar-refractivity contribution is 7.83. The van der Waals surface area contributed by atoms with Crippen LogP contribution in [-0.4, -0.2) is 32.7 Å². The van der Waals surface area contributed by atoms with Gasteiger partial charge in [0.1, 0.15) is 12.5 Å². The first kappa shape index (κ1) is 24.0. The van der Waals surface area contributed by atoms with E-state index in [9.17, 15) is 13.8 Å². The fraction of sp³-hybridized carbons (Fsp3) is 0.524. The fourth-order valence-corrected chi connectivity index (χ4v) is 3.58. The number of hydrogen-bond acceptors (Lipinski definition) is 5. The van der Waals surface area contributed by atoms with E-state index in [1.165, 1.54) is 16.8 Å². The highest BCUT2D eigenvalue weighted by Gasteiger charge is 2.10. The lowest BCUT2D eigenvalue weighted by Crippen LogP contribution is -2.29. The van der Waals surface area contributed by atoms with Crippen molar-refractivity contribution in [3.8, 4) is 5.75 Å². The molecular weight excluding hydrogens is 406 g/mol. The molecular formula is C21H31N3O5S. The Morgan fingerprint density at radius 2 is 2.03 bits per heavy atom. The van der Waals surface area contributed by atoms with E-state index in [1.807, 2.05) is 31.2 Å². The van der Waals surface area contributed by atoms with Gasteiger partial charge in [0.15, 0.2) is 0 Å². The molecule has 1 aromatic carbocycles. The summed E-state index contributed by atoms with van der Waals surface area (Å²) in [5, 5.41) is 0. The first-order valence-electron chi connectivity index (χ1n) is 10.1. The van der Waals surface area contributed by atoms with E-state index in [2.05, 4.69) is 23.6 Å². The van der Waals surface area contributed by atoms with Crippen LogP contribution in [0.4, 0.5) is 0 Å². The summed E-state index contributed by atoms with van der Waals surface area (Å²) in [6.07, 6.45) is 3.02. The Labute approximate surface area is 179 Å². The molecule has 0 aliphatic heterocycles. The Balaban J connectivity index is 1.71. The van der Waals surface area contributed by atoms with Crippen LogP contribution in [0.1, 0.15) is 45.2 Å². The Morgan fingerprint density at radius 3 is 2.77 bits per heavy atom. The van der Waals surface area contributed by atoms with E-state index in [0.717, 1.165) is 17.7 Å². The van der Waals surface area contributed by atoms with Crippen LogP contribution in [-0.2, 0) is 22.5 Å². The van der Waals surface area contributed by atoms with Crippen molar-refractivity contribution >= 4 is 11.0 Å². The molecule has 0 aliphatic carbocycles. The second kappa shape index (κ2) is 12.5. The maximum absolute atomic E-state index is 12.3. The summed E-state index contributed by atoms with van der Waals surface area (Å²) in [6.45, 7) is 7.33. The van der Waals surface area contributed by atoms with Crippen molar-refractivity contribution in [1.29, 1.82) is 0 Å². The van der Waals surface area contributed by atoms with E-state index in [-0.39, 0.29) is 12.8 Å². The average molecular weight is 438 g/mol. The van der Waals surface area contributed by atoms with Crippen LogP contribution in [0.25, 0.3) is 0 Å². The molecule has 0 spiro atoms. The number of benzene rings is 1. The van der Waals surface area contributed by atoms with Crippen molar-refractivity contribution in [2.24, 2.45) is 5.92 Å². The van der Waals surface area contributed by atoms with Gasteiger partial charge < -0.3 is 9.47 Å². The van der Waals surface area contributed by atoms with Crippen molar-refractivity contribution in [1.82, 2.24) is 14.3 Å². The largest absolute Gasteiger partial charge is 0.493 e. The number of nitrogens with zero attached hydrogens (tertiary/aromatic N) is 1. The van der Waals surface area contributed by atoms with Crippen LogP contribution in [0, 0.1) is 5.92 Å². The van der Waals surface area contributed by atoms with Gasteiger partial charge in [-0.05, 0) is 37.0 Å². The van der Waals surface area contributed by atoms with Crippen molar-refractivity contribution in [3.63, 3.8) is 0 Å². The summed E-state index contributed by atoms with van der Waals surface area (Å²) in [5.41, 5.74) is 0.0510. The van der Waals surface area contributed by atoms with Gasteiger partial charge in [-0.1, -0.05) is 32.4 Å². The predicted octanol–water partition coefficient (Wildman–Crippen LogP) is 2.34. The molecule has 166 valence electrons. The van der Waals surface area contributed by atoms with Gasteiger partial charge in [-0.3, -0.25) is 14.3 Å². The first-order valence-corrected chi connectivity index (χ1v) is 11.5. The Hall–Kier alpha value is -2.23. The fourth-order valence-electron chi connectivity index (χ4n) is 2.56. The number of nitrogens with one attached hydrogen (secondary N) is 2. The Bertz CT molecular complexity index is 927. The zero-order valence-electron chi connectivity index (χ0n) is 17.8. The maximum Gasteiger partial charge on any atom is 0.330 e. The van der Waals surface area contributed by atoms with Gasteiger partial charge >= 0.3 is 5.69 Å². The summed E-state index contributed by atoms with van der Waals surface area (Å²) >= 11 is 0. The van der Waals surface area contributed by atoms with Gasteiger partial charge in [-0.15, -0.1) is 0 Å². The molecule has 0 amide bonds. The quantitative estimate of drug-likeness (QED) is 0.468. The molecule has 30 heavy (non-hydrogen) atoms. The minimum absolute atomic E-state index is 0.0372. The topological polar surface area (TPSA) is 102 Å². The first-order chi connectivity index (χ1) is 14.4. The van der Waals surface area contributed by atoms with E-state index in [0.29, 0.717) is 31.3 Å². The van der Waals surface area contributed by atoms with Crippen molar-refractivity contribution < 1.29 is 13.7 Å². The minimum Gasteiger partial charge on any atom is -0.493 e. The molecule has 0 bridgehead atoms. The van der Waals surface area contributed by atoms with Crippen LogP contribution >= 0.6 is 0 Å². The minimum atomic E-state index is -1.21. The third kappa shape index (κ3) is 8.25. The molecule has 1 unspecified atom stereocenters. The number of rotatable bonds is 13. The second-order valence-electron chi connectivity index (χ2n) is 7.26. The molecule has 0 saturated heterocycles. The SMILES string of the molecule is CC[C@H](C)COc1cccc([C@@H](C)NS(=O)CCCOCn2ccc(=O)[nH]c2=O)c1. The van der Waals surface area contributed by atoms with Crippen LogP contribution < -0.4 is 20.7 Å². The van der Waals surface area contributed by atoms with Crippen LogP contribution in [0.2, 0.25) is 0 Å². The predicted molar refractivity (Wildman–Crippen MR) is 118 cm³/mol. The van der Waals surface area contributed by atoms with E-state index < -0.39 is 22.2 Å². The maximum atomic E-state index is 12.3. The summed E-state index contributed by atoms with van der Waals surface area (Å²) in [7, 11) is -1.21. The molecule has 1 heterocycles. The van der Waals surface area contributed by atoms with Crippen LogP contribution in [0.5, 0.6) is 5.75 Å². The molecule has 0 aliphatic rings. The average Bonchev–Trinajstić information content (AvgIpc) is 2.73. The Morgan fingerprint density at radius 1 is 1.23 bits per heavy atom. The van der Waals surface area contributed by atoms with Gasteiger partial charge in [0.25, 0.3) is 5.56 Å². The van der Waals surface area contributed by atoms with Crippen molar-refractivity contribution in [2.45, 2.75) is 46.4 Å². The lowest BCUT2D eigenvalue weighted by molar-refractivity contribution is 0.0746.